The summed E-state index contributed by atoms with van der Waals surface area (Å²) in [5.41, 5.74) is 1.05. The van der Waals surface area contributed by atoms with Crippen LogP contribution in [0.15, 0.2) is 53.7 Å². The molecule has 0 bridgehead atoms. The number of benzene rings is 2. The predicted octanol–water partition coefficient (Wildman–Crippen LogP) is 3.74. The predicted molar refractivity (Wildman–Crippen MR) is 101 cm³/mol. The lowest BCUT2D eigenvalue weighted by molar-refractivity contribution is -0.139. The van der Waals surface area contributed by atoms with Crippen molar-refractivity contribution in [1.82, 2.24) is 14.8 Å². The molecule has 2 aromatic carbocycles. The summed E-state index contributed by atoms with van der Waals surface area (Å²) in [5, 5.41) is 8.78. The summed E-state index contributed by atoms with van der Waals surface area (Å²) in [6.45, 7) is 2.06. The van der Waals surface area contributed by atoms with Crippen LogP contribution in [0.4, 0.5) is 4.39 Å². The molecule has 0 spiro atoms. The van der Waals surface area contributed by atoms with E-state index >= 15 is 0 Å². The first kappa shape index (κ1) is 18.9. The molecule has 8 heteroatoms. The van der Waals surface area contributed by atoms with Crippen molar-refractivity contribution in [3.05, 3.63) is 54.3 Å². The molecule has 140 valence electrons. The number of hydrogen-bond donors (Lipinski definition) is 0. The standard InChI is InChI=1S/C19H18FN3O3S/c1-3-26-17(24)12-27-19-22-21-18(15-6-4-5-7-16(15)20)23(19)13-8-10-14(25-2)11-9-13/h4-11H,3,12H2,1-2H3. The second-order valence-corrected chi connectivity index (χ2v) is 6.36. The summed E-state index contributed by atoms with van der Waals surface area (Å²) in [6.07, 6.45) is 0. The number of aromatic nitrogens is 3. The second kappa shape index (κ2) is 8.68. The minimum Gasteiger partial charge on any atom is -0.497 e. The third-order valence-corrected chi connectivity index (χ3v) is 4.61. The van der Waals surface area contributed by atoms with Crippen molar-refractivity contribution in [3.8, 4) is 22.8 Å². The molecule has 0 amide bonds. The molecular formula is C19H18FN3O3S. The van der Waals surface area contributed by atoms with E-state index in [1.54, 1.807) is 48.9 Å². The molecule has 0 aliphatic heterocycles. The van der Waals surface area contributed by atoms with Crippen LogP contribution in [-0.2, 0) is 9.53 Å². The van der Waals surface area contributed by atoms with Gasteiger partial charge in [-0.3, -0.25) is 9.36 Å². The van der Waals surface area contributed by atoms with Gasteiger partial charge in [0.05, 0.1) is 30.7 Å². The van der Waals surface area contributed by atoms with Crippen LogP contribution in [0, 0.1) is 5.82 Å². The lowest BCUT2D eigenvalue weighted by atomic mass is 10.2. The Hall–Kier alpha value is -2.87. The van der Waals surface area contributed by atoms with Gasteiger partial charge in [0.2, 0.25) is 0 Å². The molecule has 0 fully saturated rings. The summed E-state index contributed by atoms with van der Waals surface area (Å²) in [6, 6.07) is 13.6. The second-order valence-electron chi connectivity index (χ2n) is 5.41. The van der Waals surface area contributed by atoms with E-state index < -0.39 is 5.82 Å². The first-order chi connectivity index (χ1) is 13.1. The van der Waals surface area contributed by atoms with Gasteiger partial charge >= 0.3 is 5.97 Å². The van der Waals surface area contributed by atoms with Crippen molar-refractivity contribution in [2.45, 2.75) is 12.1 Å². The Morgan fingerprint density at radius 1 is 1.15 bits per heavy atom. The first-order valence-corrected chi connectivity index (χ1v) is 9.25. The van der Waals surface area contributed by atoms with E-state index in [1.807, 2.05) is 12.1 Å². The third-order valence-electron chi connectivity index (χ3n) is 3.70. The molecule has 1 heterocycles. The summed E-state index contributed by atoms with van der Waals surface area (Å²) in [7, 11) is 1.58. The minimum absolute atomic E-state index is 0.0827. The maximum Gasteiger partial charge on any atom is 0.316 e. The fourth-order valence-electron chi connectivity index (χ4n) is 2.47. The average molecular weight is 387 g/mol. The number of hydrogen-bond acceptors (Lipinski definition) is 6. The van der Waals surface area contributed by atoms with Gasteiger partial charge in [0, 0.05) is 0 Å². The molecule has 27 heavy (non-hydrogen) atoms. The Kier molecular flexibility index (Phi) is 6.08. The smallest absolute Gasteiger partial charge is 0.316 e. The van der Waals surface area contributed by atoms with Crippen molar-refractivity contribution in [3.63, 3.8) is 0 Å². The molecule has 1 aromatic heterocycles. The zero-order chi connectivity index (χ0) is 19.2. The number of carbonyl (C=O) groups excluding carboxylic acids is 1. The monoisotopic (exact) mass is 387 g/mol. The van der Waals surface area contributed by atoms with Crippen LogP contribution >= 0.6 is 11.8 Å². The molecule has 0 aliphatic rings. The maximum atomic E-state index is 14.3. The summed E-state index contributed by atoms with van der Waals surface area (Å²) >= 11 is 1.18. The van der Waals surface area contributed by atoms with E-state index in [-0.39, 0.29) is 11.7 Å². The highest BCUT2D eigenvalue weighted by atomic mass is 32.2. The van der Waals surface area contributed by atoms with Crippen LogP contribution in [0.2, 0.25) is 0 Å². The normalized spacial score (nSPS) is 10.6. The molecule has 0 aliphatic carbocycles. The molecule has 0 saturated carbocycles. The van der Waals surface area contributed by atoms with E-state index in [9.17, 15) is 9.18 Å². The van der Waals surface area contributed by atoms with Crippen LogP contribution < -0.4 is 4.74 Å². The van der Waals surface area contributed by atoms with Gasteiger partial charge in [-0.05, 0) is 43.3 Å². The Morgan fingerprint density at radius 3 is 2.56 bits per heavy atom. The minimum atomic E-state index is -0.401. The van der Waals surface area contributed by atoms with E-state index in [4.69, 9.17) is 9.47 Å². The number of halogens is 1. The summed E-state index contributed by atoms with van der Waals surface area (Å²) < 4.78 is 26.2. The van der Waals surface area contributed by atoms with E-state index in [2.05, 4.69) is 10.2 Å². The number of methoxy groups -OCH3 is 1. The molecule has 0 saturated heterocycles. The molecule has 0 unspecified atom stereocenters. The van der Waals surface area contributed by atoms with Gasteiger partial charge < -0.3 is 9.47 Å². The van der Waals surface area contributed by atoms with Crippen LogP contribution in [0.25, 0.3) is 17.1 Å². The van der Waals surface area contributed by atoms with E-state index in [0.29, 0.717) is 28.9 Å². The Balaban J connectivity index is 2.03. The van der Waals surface area contributed by atoms with E-state index in [0.717, 1.165) is 5.69 Å². The van der Waals surface area contributed by atoms with Gasteiger partial charge in [0.15, 0.2) is 11.0 Å². The van der Waals surface area contributed by atoms with Gasteiger partial charge in [-0.15, -0.1) is 10.2 Å². The Morgan fingerprint density at radius 2 is 1.89 bits per heavy atom. The van der Waals surface area contributed by atoms with Crippen LogP contribution in [0.1, 0.15) is 6.92 Å². The lowest BCUT2D eigenvalue weighted by Crippen LogP contribution is -2.08. The quantitative estimate of drug-likeness (QED) is 0.455. The number of thioether (sulfide) groups is 1. The Labute approximate surface area is 160 Å². The first-order valence-electron chi connectivity index (χ1n) is 8.27. The maximum absolute atomic E-state index is 14.3. The molecule has 0 N–H and O–H groups in total. The van der Waals surface area contributed by atoms with Crippen molar-refractivity contribution >= 4 is 17.7 Å². The van der Waals surface area contributed by atoms with Crippen LogP contribution in [0.5, 0.6) is 5.75 Å². The van der Waals surface area contributed by atoms with Gasteiger partial charge in [-0.25, -0.2) is 4.39 Å². The zero-order valence-electron chi connectivity index (χ0n) is 14.9. The largest absolute Gasteiger partial charge is 0.497 e. The molecular weight excluding hydrogens is 369 g/mol. The van der Waals surface area contributed by atoms with Crippen molar-refractivity contribution in [2.24, 2.45) is 0 Å². The lowest BCUT2D eigenvalue weighted by Gasteiger charge is -2.11. The molecule has 0 atom stereocenters. The highest BCUT2D eigenvalue weighted by Gasteiger charge is 2.19. The topological polar surface area (TPSA) is 66.2 Å². The van der Waals surface area contributed by atoms with Gasteiger partial charge in [-0.1, -0.05) is 23.9 Å². The van der Waals surface area contributed by atoms with Crippen molar-refractivity contribution < 1.29 is 18.7 Å². The third kappa shape index (κ3) is 4.28. The number of carbonyl (C=O) groups is 1. The SMILES string of the molecule is CCOC(=O)CSc1nnc(-c2ccccc2F)n1-c1ccc(OC)cc1. The summed E-state index contributed by atoms with van der Waals surface area (Å²) in [5.74, 6) is 0.379. The van der Waals surface area contributed by atoms with Gasteiger partial charge in [-0.2, -0.15) is 0 Å². The zero-order valence-corrected chi connectivity index (χ0v) is 15.7. The Bertz CT molecular complexity index is 928. The average Bonchev–Trinajstić information content (AvgIpc) is 3.11. The number of ether oxygens (including phenoxy) is 2. The molecule has 3 rings (SSSR count). The molecule has 0 radical (unpaired) electrons. The van der Waals surface area contributed by atoms with Crippen molar-refractivity contribution in [1.29, 1.82) is 0 Å². The van der Waals surface area contributed by atoms with E-state index in [1.165, 1.54) is 17.8 Å². The summed E-state index contributed by atoms with van der Waals surface area (Å²) in [4.78, 5) is 11.7. The van der Waals surface area contributed by atoms with Crippen LogP contribution in [0.3, 0.4) is 0 Å². The van der Waals surface area contributed by atoms with Gasteiger partial charge in [0.25, 0.3) is 0 Å². The fourth-order valence-corrected chi connectivity index (χ4v) is 3.22. The molecule has 6 nitrogen and oxygen atoms in total. The van der Waals surface area contributed by atoms with Crippen LogP contribution in [-0.4, -0.2) is 40.2 Å². The van der Waals surface area contributed by atoms with Gasteiger partial charge in [0.1, 0.15) is 11.6 Å². The van der Waals surface area contributed by atoms with Crippen molar-refractivity contribution in [2.75, 3.05) is 19.5 Å². The number of nitrogens with zero attached hydrogens (tertiary/aromatic N) is 3. The fraction of sp³-hybridized carbons (Fsp3) is 0.211. The number of rotatable bonds is 7. The highest BCUT2D eigenvalue weighted by Crippen LogP contribution is 2.30. The number of esters is 1. The molecule has 3 aromatic rings. The highest BCUT2D eigenvalue weighted by molar-refractivity contribution is 7.99.